The minimum atomic E-state index is 0.0281. The van der Waals surface area contributed by atoms with Gasteiger partial charge in [-0.05, 0) is 31.5 Å². The lowest BCUT2D eigenvalue weighted by atomic mass is 10.1. The Bertz CT molecular complexity index is 405. The van der Waals surface area contributed by atoms with Crippen molar-refractivity contribution in [3.63, 3.8) is 0 Å². The van der Waals surface area contributed by atoms with Crippen LogP contribution in [0.25, 0.3) is 0 Å². The van der Waals surface area contributed by atoms with Gasteiger partial charge < -0.3 is 15.4 Å². The van der Waals surface area contributed by atoms with Crippen molar-refractivity contribution in [1.29, 1.82) is 0 Å². The molecule has 0 bridgehead atoms. The van der Waals surface area contributed by atoms with Gasteiger partial charge in [-0.1, -0.05) is 13.3 Å². The first-order valence-corrected chi connectivity index (χ1v) is 6.36. The predicted molar refractivity (Wildman–Crippen MR) is 73.9 cm³/mol. The van der Waals surface area contributed by atoms with Crippen molar-refractivity contribution in [3.05, 3.63) is 23.8 Å². The van der Waals surface area contributed by atoms with Gasteiger partial charge in [-0.2, -0.15) is 0 Å². The molecule has 100 valence electrons. The molecule has 0 aliphatic rings. The number of hydrogen-bond donors (Lipinski definition) is 1. The predicted octanol–water partition coefficient (Wildman–Crippen LogP) is 2.54. The summed E-state index contributed by atoms with van der Waals surface area (Å²) in [5, 5.41) is 0. The van der Waals surface area contributed by atoms with Crippen LogP contribution in [-0.2, 0) is 0 Å². The molecule has 0 aromatic heterocycles. The van der Waals surface area contributed by atoms with Crippen LogP contribution in [0, 0.1) is 0 Å². The standard InChI is InChI=1S/C14H22N2O2/c1-4-6-9-16(5-2)14(17)11-7-8-13(18-3)12(15)10-11/h7-8,10H,4-6,9,15H2,1-3H3. The van der Waals surface area contributed by atoms with Gasteiger partial charge in [0, 0.05) is 18.7 Å². The first-order chi connectivity index (χ1) is 8.63. The highest BCUT2D eigenvalue weighted by atomic mass is 16.5. The molecule has 4 nitrogen and oxygen atoms in total. The second-order valence-electron chi connectivity index (χ2n) is 4.20. The maximum Gasteiger partial charge on any atom is 0.253 e. The summed E-state index contributed by atoms with van der Waals surface area (Å²) < 4.78 is 5.08. The number of rotatable bonds is 6. The van der Waals surface area contributed by atoms with E-state index in [0.717, 1.165) is 19.4 Å². The summed E-state index contributed by atoms with van der Waals surface area (Å²) in [6.07, 6.45) is 2.10. The molecule has 1 aromatic carbocycles. The van der Waals surface area contributed by atoms with E-state index in [4.69, 9.17) is 10.5 Å². The number of carbonyl (C=O) groups excluding carboxylic acids is 1. The Morgan fingerprint density at radius 2 is 2.11 bits per heavy atom. The molecule has 0 aliphatic heterocycles. The third-order valence-electron chi connectivity index (χ3n) is 2.93. The summed E-state index contributed by atoms with van der Waals surface area (Å²) in [7, 11) is 1.56. The highest BCUT2D eigenvalue weighted by molar-refractivity contribution is 5.95. The summed E-state index contributed by atoms with van der Waals surface area (Å²) in [6, 6.07) is 5.16. The average molecular weight is 250 g/mol. The maximum absolute atomic E-state index is 12.3. The van der Waals surface area contributed by atoms with Crippen molar-refractivity contribution in [1.82, 2.24) is 4.90 Å². The fourth-order valence-corrected chi connectivity index (χ4v) is 1.80. The van der Waals surface area contributed by atoms with Crippen molar-refractivity contribution in [2.24, 2.45) is 0 Å². The van der Waals surface area contributed by atoms with Crippen LogP contribution >= 0.6 is 0 Å². The molecule has 1 amide bonds. The van der Waals surface area contributed by atoms with Crippen molar-refractivity contribution in [2.45, 2.75) is 26.7 Å². The van der Waals surface area contributed by atoms with Gasteiger partial charge in [0.15, 0.2) is 0 Å². The molecular weight excluding hydrogens is 228 g/mol. The second-order valence-corrected chi connectivity index (χ2v) is 4.20. The summed E-state index contributed by atoms with van der Waals surface area (Å²) in [5.74, 6) is 0.628. The number of benzene rings is 1. The highest BCUT2D eigenvalue weighted by Crippen LogP contribution is 2.22. The zero-order valence-corrected chi connectivity index (χ0v) is 11.4. The van der Waals surface area contributed by atoms with Crippen LogP contribution in [0.3, 0.4) is 0 Å². The van der Waals surface area contributed by atoms with E-state index in [-0.39, 0.29) is 5.91 Å². The largest absolute Gasteiger partial charge is 0.495 e. The number of anilines is 1. The van der Waals surface area contributed by atoms with Crippen LogP contribution in [0.15, 0.2) is 18.2 Å². The molecule has 0 unspecified atom stereocenters. The van der Waals surface area contributed by atoms with Crippen molar-refractivity contribution in [2.75, 3.05) is 25.9 Å². The van der Waals surface area contributed by atoms with Crippen LogP contribution in [0.4, 0.5) is 5.69 Å². The van der Waals surface area contributed by atoms with E-state index >= 15 is 0 Å². The van der Waals surface area contributed by atoms with Gasteiger partial charge in [0.1, 0.15) is 5.75 Å². The molecule has 0 saturated carbocycles. The van der Waals surface area contributed by atoms with Crippen molar-refractivity contribution >= 4 is 11.6 Å². The Labute approximate surface area is 109 Å². The zero-order chi connectivity index (χ0) is 13.5. The first-order valence-electron chi connectivity index (χ1n) is 6.36. The highest BCUT2D eigenvalue weighted by Gasteiger charge is 2.14. The maximum atomic E-state index is 12.3. The number of methoxy groups -OCH3 is 1. The Balaban J connectivity index is 2.84. The molecule has 0 saturated heterocycles. The van der Waals surface area contributed by atoms with Crippen LogP contribution in [0.5, 0.6) is 5.75 Å². The van der Waals surface area contributed by atoms with E-state index < -0.39 is 0 Å². The lowest BCUT2D eigenvalue weighted by molar-refractivity contribution is 0.0762. The fraction of sp³-hybridized carbons (Fsp3) is 0.500. The van der Waals surface area contributed by atoms with Crippen LogP contribution in [0.1, 0.15) is 37.0 Å². The molecule has 0 radical (unpaired) electrons. The molecule has 0 fully saturated rings. The Morgan fingerprint density at radius 1 is 1.39 bits per heavy atom. The topological polar surface area (TPSA) is 55.6 Å². The summed E-state index contributed by atoms with van der Waals surface area (Å²) in [4.78, 5) is 14.1. The molecule has 4 heteroatoms. The van der Waals surface area contributed by atoms with Crippen LogP contribution in [0.2, 0.25) is 0 Å². The molecule has 0 atom stereocenters. The van der Waals surface area contributed by atoms with E-state index in [2.05, 4.69) is 6.92 Å². The monoisotopic (exact) mass is 250 g/mol. The van der Waals surface area contributed by atoms with Crippen LogP contribution in [-0.4, -0.2) is 31.0 Å². The Kier molecular flexibility index (Phi) is 5.49. The van der Waals surface area contributed by atoms with Crippen molar-refractivity contribution in [3.8, 4) is 5.75 Å². The first kappa shape index (κ1) is 14.4. The second kappa shape index (κ2) is 6.89. The summed E-state index contributed by atoms with van der Waals surface area (Å²) in [6.45, 7) is 5.60. The molecule has 2 N–H and O–H groups in total. The quantitative estimate of drug-likeness (QED) is 0.789. The van der Waals surface area contributed by atoms with E-state index in [1.165, 1.54) is 0 Å². The Hall–Kier alpha value is -1.71. The number of ether oxygens (including phenoxy) is 1. The number of nitrogen functional groups attached to an aromatic ring is 1. The molecule has 0 heterocycles. The minimum Gasteiger partial charge on any atom is -0.495 e. The number of hydrogen-bond acceptors (Lipinski definition) is 3. The van der Waals surface area contributed by atoms with E-state index in [1.54, 1.807) is 25.3 Å². The normalized spacial score (nSPS) is 10.2. The van der Waals surface area contributed by atoms with Gasteiger partial charge in [0.2, 0.25) is 0 Å². The number of nitrogens with two attached hydrogens (primary N) is 1. The number of carbonyl (C=O) groups is 1. The molecule has 0 spiro atoms. The smallest absolute Gasteiger partial charge is 0.253 e. The Morgan fingerprint density at radius 3 is 2.61 bits per heavy atom. The number of amides is 1. The zero-order valence-electron chi connectivity index (χ0n) is 11.4. The van der Waals surface area contributed by atoms with E-state index in [9.17, 15) is 4.79 Å². The summed E-state index contributed by atoms with van der Waals surface area (Å²) >= 11 is 0. The lowest BCUT2D eigenvalue weighted by Gasteiger charge is -2.21. The van der Waals surface area contributed by atoms with Gasteiger partial charge in [-0.3, -0.25) is 4.79 Å². The van der Waals surface area contributed by atoms with Gasteiger partial charge in [-0.15, -0.1) is 0 Å². The van der Waals surface area contributed by atoms with E-state index in [1.807, 2.05) is 11.8 Å². The SMILES string of the molecule is CCCCN(CC)C(=O)c1ccc(OC)c(N)c1. The van der Waals surface area contributed by atoms with Gasteiger partial charge in [0.25, 0.3) is 5.91 Å². The van der Waals surface area contributed by atoms with Gasteiger partial charge in [0.05, 0.1) is 12.8 Å². The number of unbranched alkanes of at least 4 members (excludes halogenated alkanes) is 1. The van der Waals surface area contributed by atoms with Gasteiger partial charge >= 0.3 is 0 Å². The third kappa shape index (κ3) is 3.39. The third-order valence-corrected chi connectivity index (χ3v) is 2.93. The molecule has 0 aliphatic carbocycles. The van der Waals surface area contributed by atoms with Gasteiger partial charge in [-0.25, -0.2) is 0 Å². The van der Waals surface area contributed by atoms with E-state index in [0.29, 0.717) is 23.5 Å². The molecule has 1 rings (SSSR count). The van der Waals surface area contributed by atoms with Crippen molar-refractivity contribution < 1.29 is 9.53 Å². The van der Waals surface area contributed by atoms with Crippen LogP contribution < -0.4 is 10.5 Å². The fourth-order valence-electron chi connectivity index (χ4n) is 1.80. The molecule has 18 heavy (non-hydrogen) atoms. The lowest BCUT2D eigenvalue weighted by Crippen LogP contribution is -2.31. The molecular formula is C14H22N2O2. The number of nitrogens with zero attached hydrogens (tertiary/aromatic N) is 1. The average Bonchev–Trinajstić information content (AvgIpc) is 2.39. The minimum absolute atomic E-state index is 0.0281. The molecule has 1 aromatic rings. The summed E-state index contributed by atoms with van der Waals surface area (Å²) in [5.41, 5.74) is 6.93.